The molecule has 0 saturated heterocycles. The van der Waals surface area contributed by atoms with E-state index in [1.807, 2.05) is 0 Å². The molecular weight excluding hydrogens is 214 g/mol. The fourth-order valence-electron chi connectivity index (χ4n) is 1.89. The Hall–Kier alpha value is -0.470. The first-order chi connectivity index (χ1) is 7.76. The van der Waals surface area contributed by atoms with E-state index >= 15 is 0 Å². The van der Waals surface area contributed by atoms with E-state index in [9.17, 15) is 0 Å². The van der Waals surface area contributed by atoms with Crippen LogP contribution in [0.25, 0.3) is 0 Å². The van der Waals surface area contributed by atoms with E-state index in [1.165, 1.54) is 18.5 Å². The Kier molecular flexibility index (Phi) is 6.58. The maximum Gasteiger partial charge on any atom is 0.0233 e. The predicted molar refractivity (Wildman–Crippen MR) is 75.0 cm³/mol. The second-order valence-corrected chi connectivity index (χ2v) is 4.87. The molecule has 0 N–H and O–H groups in total. The first kappa shape index (κ1) is 13.6. The van der Waals surface area contributed by atoms with Crippen LogP contribution in [0.3, 0.4) is 0 Å². The zero-order chi connectivity index (χ0) is 11.8. The Morgan fingerprint density at radius 3 is 2.50 bits per heavy atom. The second kappa shape index (κ2) is 7.75. The topological polar surface area (TPSA) is 3.24 Å². The molecule has 0 fully saturated rings. The minimum atomic E-state index is 0.665. The van der Waals surface area contributed by atoms with Crippen LogP contribution in [0, 0.1) is 5.92 Å². The van der Waals surface area contributed by atoms with E-state index in [2.05, 4.69) is 61.7 Å². The maximum absolute atomic E-state index is 4.36. The summed E-state index contributed by atoms with van der Waals surface area (Å²) in [4.78, 5) is 2.52. The molecule has 1 rings (SSSR count). The van der Waals surface area contributed by atoms with Crippen LogP contribution in [0.2, 0.25) is 0 Å². The molecule has 16 heavy (non-hydrogen) atoms. The van der Waals surface area contributed by atoms with Crippen LogP contribution in [0.15, 0.2) is 30.3 Å². The van der Waals surface area contributed by atoms with Gasteiger partial charge in [0.25, 0.3) is 0 Å². The van der Waals surface area contributed by atoms with Gasteiger partial charge in [-0.1, -0.05) is 44.2 Å². The standard InChI is InChI=1S/C14H23NS/c1-3-9-15(10-13(2)12-16)11-14-7-5-4-6-8-14/h4-8,13,16H,3,9-12H2,1-2H3. The van der Waals surface area contributed by atoms with Gasteiger partial charge in [-0.25, -0.2) is 0 Å². The van der Waals surface area contributed by atoms with Crippen molar-refractivity contribution in [3.05, 3.63) is 35.9 Å². The summed E-state index contributed by atoms with van der Waals surface area (Å²) in [6, 6.07) is 10.7. The summed E-state index contributed by atoms with van der Waals surface area (Å²) in [5, 5.41) is 0. The summed E-state index contributed by atoms with van der Waals surface area (Å²) in [6.07, 6.45) is 1.21. The van der Waals surface area contributed by atoms with Crippen molar-refractivity contribution in [3.63, 3.8) is 0 Å². The van der Waals surface area contributed by atoms with Crippen LogP contribution in [-0.2, 0) is 6.54 Å². The van der Waals surface area contributed by atoms with E-state index in [-0.39, 0.29) is 0 Å². The first-order valence-corrected chi connectivity index (χ1v) is 6.76. The van der Waals surface area contributed by atoms with Gasteiger partial charge in [0.15, 0.2) is 0 Å². The third kappa shape index (κ3) is 5.04. The molecule has 0 aliphatic rings. The number of hydrogen-bond donors (Lipinski definition) is 1. The van der Waals surface area contributed by atoms with Gasteiger partial charge in [0, 0.05) is 13.1 Å². The molecule has 0 heterocycles. The lowest BCUT2D eigenvalue weighted by molar-refractivity contribution is 0.238. The zero-order valence-electron chi connectivity index (χ0n) is 10.4. The van der Waals surface area contributed by atoms with Crippen molar-refractivity contribution in [3.8, 4) is 0 Å². The van der Waals surface area contributed by atoms with Gasteiger partial charge < -0.3 is 0 Å². The molecule has 2 heteroatoms. The van der Waals surface area contributed by atoms with Crippen molar-refractivity contribution in [2.24, 2.45) is 5.92 Å². The highest BCUT2D eigenvalue weighted by molar-refractivity contribution is 7.80. The minimum Gasteiger partial charge on any atom is -0.299 e. The SMILES string of the molecule is CCCN(Cc1ccccc1)CC(C)CS. The highest BCUT2D eigenvalue weighted by atomic mass is 32.1. The molecular formula is C14H23NS. The number of thiol groups is 1. The molecule has 0 aromatic heterocycles. The molecule has 1 aromatic carbocycles. The Balaban J connectivity index is 2.50. The van der Waals surface area contributed by atoms with E-state index in [4.69, 9.17) is 0 Å². The molecule has 0 amide bonds. The average Bonchev–Trinajstić information content (AvgIpc) is 2.30. The smallest absolute Gasteiger partial charge is 0.0233 e. The van der Waals surface area contributed by atoms with Crippen molar-refractivity contribution in [1.29, 1.82) is 0 Å². The fourth-order valence-corrected chi connectivity index (χ4v) is 2.01. The van der Waals surface area contributed by atoms with Crippen LogP contribution in [0.5, 0.6) is 0 Å². The molecule has 0 bridgehead atoms. The Bertz CT molecular complexity index is 273. The van der Waals surface area contributed by atoms with Crippen molar-refractivity contribution >= 4 is 12.6 Å². The molecule has 0 aliphatic carbocycles. The van der Waals surface area contributed by atoms with E-state index < -0.39 is 0 Å². The van der Waals surface area contributed by atoms with Gasteiger partial charge in [-0.05, 0) is 30.2 Å². The fraction of sp³-hybridized carbons (Fsp3) is 0.571. The third-order valence-electron chi connectivity index (χ3n) is 2.67. The summed E-state index contributed by atoms with van der Waals surface area (Å²) in [6.45, 7) is 7.88. The molecule has 1 unspecified atom stereocenters. The lowest BCUT2D eigenvalue weighted by atomic mass is 10.1. The zero-order valence-corrected chi connectivity index (χ0v) is 11.3. The molecule has 1 nitrogen and oxygen atoms in total. The van der Waals surface area contributed by atoms with E-state index in [1.54, 1.807) is 0 Å². The van der Waals surface area contributed by atoms with Gasteiger partial charge in [0.1, 0.15) is 0 Å². The number of hydrogen-bond acceptors (Lipinski definition) is 2. The third-order valence-corrected chi connectivity index (χ3v) is 3.29. The summed E-state index contributed by atoms with van der Waals surface area (Å²) in [5.74, 6) is 1.63. The quantitative estimate of drug-likeness (QED) is 0.711. The van der Waals surface area contributed by atoms with Gasteiger partial charge in [-0.3, -0.25) is 4.90 Å². The van der Waals surface area contributed by atoms with Gasteiger partial charge >= 0.3 is 0 Å². The van der Waals surface area contributed by atoms with Crippen molar-refractivity contribution in [2.75, 3.05) is 18.8 Å². The summed E-state index contributed by atoms with van der Waals surface area (Å²) < 4.78 is 0. The van der Waals surface area contributed by atoms with Gasteiger partial charge in [-0.2, -0.15) is 12.6 Å². The lowest BCUT2D eigenvalue weighted by Gasteiger charge is -2.24. The summed E-state index contributed by atoms with van der Waals surface area (Å²) in [5.41, 5.74) is 1.40. The van der Waals surface area contributed by atoms with Gasteiger partial charge in [0.2, 0.25) is 0 Å². The first-order valence-electron chi connectivity index (χ1n) is 6.13. The number of benzene rings is 1. The summed E-state index contributed by atoms with van der Waals surface area (Å²) >= 11 is 4.36. The summed E-state index contributed by atoms with van der Waals surface area (Å²) in [7, 11) is 0. The average molecular weight is 237 g/mol. The van der Waals surface area contributed by atoms with Crippen LogP contribution in [0.4, 0.5) is 0 Å². The Morgan fingerprint density at radius 2 is 1.94 bits per heavy atom. The molecule has 0 saturated carbocycles. The van der Waals surface area contributed by atoms with Crippen LogP contribution >= 0.6 is 12.6 Å². The molecule has 90 valence electrons. The van der Waals surface area contributed by atoms with E-state index in [0.29, 0.717) is 5.92 Å². The van der Waals surface area contributed by atoms with Gasteiger partial charge in [-0.15, -0.1) is 0 Å². The molecule has 1 aromatic rings. The number of rotatable bonds is 7. The lowest BCUT2D eigenvalue weighted by Crippen LogP contribution is -2.29. The molecule has 0 spiro atoms. The maximum atomic E-state index is 4.36. The Morgan fingerprint density at radius 1 is 1.25 bits per heavy atom. The van der Waals surface area contributed by atoms with Crippen LogP contribution in [0.1, 0.15) is 25.8 Å². The Labute approximate surface area is 105 Å². The molecule has 0 radical (unpaired) electrons. The normalized spacial score (nSPS) is 13.0. The second-order valence-electron chi connectivity index (χ2n) is 4.51. The highest BCUT2D eigenvalue weighted by Gasteiger charge is 2.08. The predicted octanol–water partition coefficient (Wildman–Crippen LogP) is 3.46. The monoisotopic (exact) mass is 237 g/mol. The number of nitrogens with zero attached hydrogens (tertiary/aromatic N) is 1. The molecule has 1 atom stereocenters. The highest BCUT2D eigenvalue weighted by Crippen LogP contribution is 2.08. The van der Waals surface area contributed by atoms with Crippen molar-refractivity contribution in [1.82, 2.24) is 4.90 Å². The molecule has 0 aliphatic heterocycles. The van der Waals surface area contributed by atoms with E-state index in [0.717, 1.165) is 18.8 Å². The van der Waals surface area contributed by atoms with Crippen molar-refractivity contribution in [2.45, 2.75) is 26.8 Å². The minimum absolute atomic E-state index is 0.665. The van der Waals surface area contributed by atoms with Crippen molar-refractivity contribution < 1.29 is 0 Å². The largest absolute Gasteiger partial charge is 0.299 e. The van der Waals surface area contributed by atoms with Gasteiger partial charge in [0.05, 0.1) is 0 Å². The van der Waals surface area contributed by atoms with Crippen LogP contribution < -0.4 is 0 Å². The van der Waals surface area contributed by atoms with Crippen LogP contribution in [-0.4, -0.2) is 23.7 Å².